The summed E-state index contributed by atoms with van der Waals surface area (Å²) in [6, 6.07) is -1.23. The van der Waals surface area contributed by atoms with Crippen LogP contribution in [-0.2, 0) is 4.74 Å². The van der Waals surface area contributed by atoms with E-state index < -0.39 is 43.3 Å². The summed E-state index contributed by atoms with van der Waals surface area (Å²) < 4.78 is 68.5. The van der Waals surface area contributed by atoms with Crippen molar-refractivity contribution in [2.45, 2.75) is 6.08 Å². The highest BCUT2D eigenvalue weighted by atomic mass is 16.6. The second kappa shape index (κ2) is 2.98. The van der Waals surface area contributed by atoms with Gasteiger partial charge >= 0.3 is 0 Å². The van der Waals surface area contributed by atoms with E-state index in [9.17, 15) is 0 Å². The van der Waals surface area contributed by atoms with Gasteiger partial charge in [0.05, 0.1) is 35.9 Å². The van der Waals surface area contributed by atoms with Crippen molar-refractivity contribution in [2.24, 2.45) is 0 Å². The highest BCUT2D eigenvalue weighted by Gasteiger charge is 2.20. The van der Waals surface area contributed by atoms with Crippen LogP contribution in [-0.4, -0.2) is 24.2 Å². The Balaban J connectivity index is 2.45. The molecule has 0 bridgehead atoms. The Morgan fingerprint density at radius 2 is 2.67 bits per heavy atom. The third-order valence-corrected chi connectivity index (χ3v) is 1.07. The first kappa shape index (κ1) is 2.60. The number of hydrogen-bond donors (Lipinski definition) is 1. The molecule has 0 saturated carbocycles. The number of anilines is 1. The molecular weight excluding hydrogens is 156 g/mol. The number of rotatable bonds is 2. The van der Waals surface area contributed by atoms with E-state index in [-0.39, 0.29) is 5.69 Å². The lowest BCUT2D eigenvalue weighted by Gasteiger charge is -2.25. The predicted molar refractivity (Wildman–Crippen MR) is 43.9 cm³/mol. The monoisotopic (exact) mass is 174 g/mol. The molecule has 64 valence electrons. The lowest BCUT2D eigenvalue weighted by Crippen LogP contribution is -2.38. The fourth-order valence-electron chi connectivity index (χ4n) is 0.567. The van der Waals surface area contributed by atoms with Crippen LogP contribution in [0.4, 0.5) is 5.69 Å². The molecule has 4 heteroatoms. The van der Waals surface area contributed by atoms with Gasteiger partial charge in [0, 0.05) is 6.04 Å². The van der Waals surface area contributed by atoms with Gasteiger partial charge in [0.1, 0.15) is 6.08 Å². The summed E-state index contributed by atoms with van der Waals surface area (Å²) >= 11 is 0. The summed E-state index contributed by atoms with van der Waals surface area (Å²) in [7, 11) is 0. The van der Waals surface area contributed by atoms with Crippen molar-refractivity contribution in [3.8, 4) is 5.88 Å². The summed E-state index contributed by atoms with van der Waals surface area (Å²) in [5.74, 6) is -0.722. The molecular formula is C8H10N2O2. The second-order valence-electron chi connectivity index (χ2n) is 1.93. The smallest absolute Gasteiger partial charge is 0.213 e. The minimum absolute atomic E-state index is 0.364. The molecule has 0 aromatic carbocycles. The first-order valence-electron chi connectivity index (χ1n) is 7.05. The summed E-state index contributed by atoms with van der Waals surface area (Å²) in [5, 5.41) is 0. The predicted octanol–water partition coefficient (Wildman–Crippen LogP) is 0.441. The number of ether oxygens (including phenoxy) is 2. The second-order valence-corrected chi connectivity index (χ2v) is 1.93. The number of nitrogens with zero attached hydrogens (tertiary/aromatic N) is 1. The van der Waals surface area contributed by atoms with Crippen molar-refractivity contribution < 1.29 is 20.4 Å². The lowest BCUT2D eigenvalue weighted by molar-refractivity contribution is -0.0813. The third-order valence-electron chi connectivity index (χ3n) is 1.07. The zero-order chi connectivity index (χ0) is 15.5. The van der Waals surface area contributed by atoms with Crippen LogP contribution < -0.4 is 10.5 Å². The van der Waals surface area contributed by atoms with Crippen molar-refractivity contribution >= 4 is 5.69 Å². The fraction of sp³-hybridized carbons (Fsp3) is 0.375. The minimum Gasteiger partial charge on any atom is -0.469 e. The van der Waals surface area contributed by atoms with Crippen LogP contribution in [0.1, 0.15) is 11.0 Å². The minimum atomic E-state index is -2.81. The molecule has 4 nitrogen and oxygen atoms in total. The Morgan fingerprint density at radius 3 is 3.42 bits per heavy atom. The van der Waals surface area contributed by atoms with Crippen LogP contribution in [0.3, 0.4) is 0 Å². The average Bonchev–Trinajstić information content (AvgIpc) is 2.31. The summed E-state index contributed by atoms with van der Waals surface area (Å²) in [5.41, 5.74) is 4.97. The molecule has 1 fully saturated rings. The molecule has 1 saturated heterocycles. The maximum Gasteiger partial charge on any atom is 0.213 e. The van der Waals surface area contributed by atoms with Crippen LogP contribution >= 0.6 is 0 Å². The van der Waals surface area contributed by atoms with Gasteiger partial charge in [0.25, 0.3) is 0 Å². The SMILES string of the molecule is [2H]c1nc(OC2([2H])C([2H])([2H])OC2([2H])[2H])c([2H])c([2H])c1N. The van der Waals surface area contributed by atoms with Crippen molar-refractivity contribution in [3.63, 3.8) is 0 Å². The standard InChI is InChI=1S/C8H10N2O2/c9-6-1-2-8(10-3-6)12-7-4-11-5-7/h1-3,7H,4-5,9H2/i1D,2D,3D,4D2,5D2,7D. The molecule has 2 N–H and O–H groups in total. The molecule has 0 amide bonds. The van der Waals surface area contributed by atoms with E-state index in [0.717, 1.165) is 0 Å². The average molecular weight is 174 g/mol. The van der Waals surface area contributed by atoms with Gasteiger partial charge < -0.3 is 15.2 Å². The van der Waals surface area contributed by atoms with E-state index in [2.05, 4.69) is 9.72 Å². The Kier molecular flexibility index (Phi) is 0.647. The van der Waals surface area contributed by atoms with Gasteiger partial charge in [0.2, 0.25) is 5.88 Å². The molecule has 0 radical (unpaired) electrons. The van der Waals surface area contributed by atoms with Crippen LogP contribution in [0.25, 0.3) is 0 Å². The number of nitrogen functional groups attached to an aromatic ring is 1. The maximum absolute atomic E-state index is 7.72. The van der Waals surface area contributed by atoms with Crippen LogP contribution in [0.15, 0.2) is 18.3 Å². The van der Waals surface area contributed by atoms with E-state index in [4.69, 9.17) is 21.4 Å². The van der Waals surface area contributed by atoms with Gasteiger partial charge in [-0.3, -0.25) is 0 Å². The normalized spacial score (nSPS) is 37.7. The van der Waals surface area contributed by atoms with Gasteiger partial charge in [-0.1, -0.05) is 0 Å². The van der Waals surface area contributed by atoms with Crippen LogP contribution in [0.2, 0.25) is 0 Å². The van der Waals surface area contributed by atoms with Crippen molar-refractivity contribution in [1.82, 2.24) is 4.98 Å². The molecule has 0 spiro atoms. The molecule has 1 aromatic rings. The summed E-state index contributed by atoms with van der Waals surface area (Å²) in [6.07, 6.45) is -3.39. The maximum atomic E-state index is 7.72. The Morgan fingerprint density at radius 1 is 1.83 bits per heavy atom. The fourth-order valence-corrected chi connectivity index (χ4v) is 0.567. The van der Waals surface area contributed by atoms with Gasteiger partial charge in [-0.25, -0.2) is 4.98 Å². The Labute approximate surface area is 81.5 Å². The van der Waals surface area contributed by atoms with Crippen LogP contribution in [0.5, 0.6) is 5.88 Å². The molecule has 0 unspecified atom stereocenters. The van der Waals surface area contributed by atoms with E-state index in [1.807, 2.05) is 0 Å². The van der Waals surface area contributed by atoms with Gasteiger partial charge in [-0.15, -0.1) is 0 Å². The highest BCUT2D eigenvalue weighted by molar-refractivity contribution is 5.36. The quantitative estimate of drug-likeness (QED) is 0.707. The number of hydrogen-bond acceptors (Lipinski definition) is 4. The lowest BCUT2D eigenvalue weighted by atomic mass is 10.3. The third kappa shape index (κ3) is 1.48. The molecule has 1 aliphatic rings. The van der Waals surface area contributed by atoms with E-state index >= 15 is 0 Å². The number of aromatic nitrogens is 1. The van der Waals surface area contributed by atoms with E-state index in [0.29, 0.717) is 0 Å². The van der Waals surface area contributed by atoms with E-state index in [1.54, 1.807) is 0 Å². The zero-order valence-corrected chi connectivity index (χ0v) is 5.84. The topological polar surface area (TPSA) is 57.4 Å². The Bertz CT molecular complexity index is 564. The van der Waals surface area contributed by atoms with Gasteiger partial charge in [0.15, 0.2) is 0 Å². The van der Waals surface area contributed by atoms with Gasteiger partial charge in [-0.05, 0) is 6.04 Å². The first-order chi connectivity index (χ1) is 8.93. The first-order valence-corrected chi connectivity index (χ1v) is 3.05. The summed E-state index contributed by atoms with van der Waals surface area (Å²) in [6.45, 7) is -5.53. The summed E-state index contributed by atoms with van der Waals surface area (Å²) in [4.78, 5) is 3.43. The zero-order valence-electron chi connectivity index (χ0n) is 13.8. The highest BCUT2D eigenvalue weighted by Crippen LogP contribution is 2.13. The van der Waals surface area contributed by atoms with Crippen LogP contribution in [0, 0.1) is 0 Å². The van der Waals surface area contributed by atoms with Crippen molar-refractivity contribution in [2.75, 3.05) is 18.9 Å². The number of nitrogens with two attached hydrogens (primary N) is 1. The van der Waals surface area contributed by atoms with Crippen molar-refractivity contribution in [1.29, 1.82) is 0 Å². The van der Waals surface area contributed by atoms with Crippen molar-refractivity contribution in [3.05, 3.63) is 18.3 Å². The Hall–Kier alpha value is -1.29. The molecule has 1 aromatic heterocycles. The number of pyridine rings is 1. The molecule has 0 atom stereocenters. The van der Waals surface area contributed by atoms with Gasteiger partial charge in [-0.2, -0.15) is 0 Å². The van der Waals surface area contributed by atoms with E-state index in [1.165, 1.54) is 0 Å². The molecule has 0 aliphatic carbocycles. The largest absolute Gasteiger partial charge is 0.469 e. The molecule has 1 aliphatic heterocycles. The molecule has 12 heavy (non-hydrogen) atoms. The molecule has 2 heterocycles. The molecule has 2 rings (SSSR count).